The van der Waals surface area contributed by atoms with Gasteiger partial charge in [0.05, 0.1) is 5.69 Å². The van der Waals surface area contributed by atoms with E-state index in [2.05, 4.69) is 230 Å². The van der Waals surface area contributed by atoms with Gasteiger partial charge >= 0.3 is 0 Å². The molecule has 0 bridgehead atoms. The van der Waals surface area contributed by atoms with Crippen LogP contribution in [0.2, 0.25) is 0 Å². The topological polar surface area (TPSA) is 6.48 Å². The Labute approximate surface area is 323 Å². The molecule has 0 spiro atoms. The van der Waals surface area contributed by atoms with E-state index >= 15 is 0 Å². The fraction of sp³-hybridized carbons (Fsp3) is 0.0566. The van der Waals surface area contributed by atoms with Crippen molar-refractivity contribution in [3.05, 3.63) is 217 Å². The molecule has 55 heavy (non-hydrogen) atoms. The Kier molecular flexibility index (Phi) is 7.85. The molecule has 2 nitrogen and oxygen atoms in total. The molecule has 2 heteroatoms. The maximum Gasteiger partial charge on any atom is 0.0546 e. The summed E-state index contributed by atoms with van der Waals surface area (Å²) in [5.74, 6) is 0. The van der Waals surface area contributed by atoms with Gasteiger partial charge in [-0.25, -0.2) is 0 Å². The smallest absolute Gasteiger partial charge is 0.0546 e. The Hall–Kier alpha value is -6.90. The van der Waals surface area contributed by atoms with Crippen LogP contribution in [0.3, 0.4) is 0 Å². The van der Waals surface area contributed by atoms with Gasteiger partial charge in [-0.15, -0.1) is 0 Å². The molecule has 10 rings (SSSR count). The quantitative estimate of drug-likeness (QED) is 0.152. The van der Waals surface area contributed by atoms with Crippen LogP contribution in [0.15, 0.2) is 206 Å². The summed E-state index contributed by atoms with van der Waals surface area (Å²) in [5.41, 5.74) is 14.4. The van der Waals surface area contributed by atoms with Crippen molar-refractivity contribution in [3.63, 3.8) is 0 Å². The molecule has 0 fully saturated rings. The van der Waals surface area contributed by atoms with E-state index < -0.39 is 0 Å². The van der Waals surface area contributed by atoms with Gasteiger partial charge in [0.2, 0.25) is 0 Å². The van der Waals surface area contributed by atoms with E-state index in [9.17, 15) is 0 Å². The lowest BCUT2D eigenvalue weighted by molar-refractivity contribution is 0.660. The fourth-order valence-corrected chi connectivity index (χ4v) is 8.69. The number of hydrogen-bond acceptors (Lipinski definition) is 2. The third-order valence-electron chi connectivity index (χ3n) is 11.4. The van der Waals surface area contributed by atoms with Crippen LogP contribution in [0.4, 0.5) is 34.1 Å². The predicted octanol–water partition coefficient (Wildman–Crippen LogP) is 14.9. The molecule has 9 aromatic rings. The summed E-state index contributed by atoms with van der Waals surface area (Å²) in [4.78, 5) is 4.79. The van der Waals surface area contributed by atoms with Crippen LogP contribution in [0.5, 0.6) is 0 Å². The van der Waals surface area contributed by atoms with Crippen molar-refractivity contribution in [2.45, 2.75) is 19.3 Å². The van der Waals surface area contributed by atoms with E-state index in [1.54, 1.807) is 0 Å². The molecular weight excluding hydrogens is 665 g/mol. The van der Waals surface area contributed by atoms with Crippen molar-refractivity contribution in [1.29, 1.82) is 0 Å². The van der Waals surface area contributed by atoms with Gasteiger partial charge in [-0.1, -0.05) is 153 Å². The summed E-state index contributed by atoms with van der Waals surface area (Å²) >= 11 is 0. The van der Waals surface area contributed by atoms with Gasteiger partial charge in [0, 0.05) is 39.2 Å². The number of rotatable bonds is 7. The summed E-state index contributed by atoms with van der Waals surface area (Å²) in [6.07, 6.45) is 0. The highest BCUT2D eigenvalue weighted by Crippen LogP contribution is 2.51. The summed E-state index contributed by atoms with van der Waals surface area (Å²) < 4.78 is 0. The van der Waals surface area contributed by atoms with E-state index in [0.29, 0.717) is 0 Å². The first-order valence-electron chi connectivity index (χ1n) is 19.1. The van der Waals surface area contributed by atoms with Crippen molar-refractivity contribution in [2.75, 3.05) is 9.80 Å². The molecule has 1 aliphatic carbocycles. The van der Waals surface area contributed by atoms with Gasteiger partial charge in [0.25, 0.3) is 0 Å². The third-order valence-corrected chi connectivity index (χ3v) is 11.4. The van der Waals surface area contributed by atoms with E-state index in [-0.39, 0.29) is 5.41 Å². The number of para-hydroxylation sites is 1. The second-order valence-corrected chi connectivity index (χ2v) is 15.0. The first kappa shape index (κ1) is 32.7. The zero-order valence-corrected chi connectivity index (χ0v) is 31.0. The summed E-state index contributed by atoms with van der Waals surface area (Å²) in [7, 11) is 0. The predicted molar refractivity (Wildman–Crippen MR) is 234 cm³/mol. The SMILES string of the molecule is CC1(C)c2ccccc2-c2ccc(N(c3ccc(-c4ccccc4)cc3)c3ccc(N(c4ccccc4)c4cc5ccccc5c5ccccc45)cc3)cc21. The monoisotopic (exact) mass is 704 g/mol. The summed E-state index contributed by atoms with van der Waals surface area (Å²) in [6, 6.07) is 75.1. The van der Waals surface area contributed by atoms with Crippen molar-refractivity contribution >= 4 is 55.7 Å². The highest BCUT2D eigenvalue weighted by molar-refractivity contribution is 6.14. The molecule has 0 unspecified atom stereocenters. The van der Waals surface area contributed by atoms with E-state index in [1.807, 2.05) is 0 Å². The van der Waals surface area contributed by atoms with Gasteiger partial charge < -0.3 is 9.80 Å². The van der Waals surface area contributed by atoms with Crippen LogP contribution < -0.4 is 9.80 Å². The first-order chi connectivity index (χ1) is 27.0. The Morgan fingerprint density at radius 1 is 0.327 bits per heavy atom. The Balaban J connectivity index is 1.12. The average Bonchev–Trinajstić information content (AvgIpc) is 3.48. The molecule has 0 N–H and O–H groups in total. The van der Waals surface area contributed by atoms with Gasteiger partial charge in [0.15, 0.2) is 0 Å². The molecule has 0 saturated carbocycles. The minimum Gasteiger partial charge on any atom is -0.310 e. The van der Waals surface area contributed by atoms with Crippen LogP contribution in [0.1, 0.15) is 25.0 Å². The maximum absolute atomic E-state index is 2.41. The molecule has 0 aromatic heterocycles. The van der Waals surface area contributed by atoms with Crippen molar-refractivity contribution in [3.8, 4) is 22.3 Å². The minimum absolute atomic E-state index is 0.104. The highest BCUT2D eigenvalue weighted by atomic mass is 15.2. The Morgan fingerprint density at radius 3 is 1.55 bits per heavy atom. The second-order valence-electron chi connectivity index (χ2n) is 15.0. The van der Waals surface area contributed by atoms with Gasteiger partial charge in [-0.05, 0) is 116 Å². The molecule has 0 heterocycles. The van der Waals surface area contributed by atoms with Crippen LogP contribution in [0.25, 0.3) is 43.8 Å². The summed E-state index contributed by atoms with van der Waals surface area (Å²) in [5, 5.41) is 4.95. The van der Waals surface area contributed by atoms with Crippen molar-refractivity contribution < 1.29 is 0 Å². The van der Waals surface area contributed by atoms with Crippen LogP contribution >= 0.6 is 0 Å². The molecular formula is C53H40N2. The lowest BCUT2D eigenvalue weighted by Gasteiger charge is -2.30. The molecule has 0 aliphatic heterocycles. The van der Waals surface area contributed by atoms with Gasteiger partial charge in [0.1, 0.15) is 0 Å². The molecule has 262 valence electrons. The zero-order valence-electron chi connectivity index (χ0n) is 31.0. The maximum atomic E-state index is 2.41. The third kappa shape index (κ3) is 5.57. The molecule has 0 amide bonds. The van der Waals surface area contributed by atoms with Gasteiger partial charge in [-0.2, -0.15) is 0 Å². The van der Waals surface area contributed by atoms with Gasteiger partial charge in [-0.3, -0.25) is 0 Å². The zero-order chi connectivity index (χ0) is 36.9. The number of fused-ring (bicyclic) bond motifs is 6. The lowest BCUT2D eigenvalue weighted by atomic mass is 9.82. The number of benzene rings is 9. The molecule has 0 saturated heterocycles. The van der Waals surface area contributed by atoms with Crippen LogP contribution in [-0.2, 0) is 5.41 Å². The van der Waals surface area contributed by atoms with Crippen LogP contribution in [-0.4, -0.2) is 0 Å². The van der Waals surface area contributed by atoms with Crippen LogP contribution in [0, 0.1) is 0 Å². The largest absolute Gasteiger partial charge is 0.310 e. The van der Waals surface area contributed by atoms with E-state index in [0.717, 1.165) is 34.1 Å². The Bertz CT molecular complexity index is 2820. The first-order valence-corrected chi connectivity index (χ1v) is 19.1. The molecule has 9 aromatic carbocycles. The van der Waals surface area contributed by atoms with E-state index in [1.165, 1.54) is 54.9 Å². The number of anilines is 6. The van der Waals surface area contributed by atoms with Crippen molar-refractivity contribution in [1.82, 2.24) is 0 Å². The minimum atomic E-state index is -0.104. The lowest BCUT2D eigenvalue weighted by Crippen LogP contribution is -2.16. The van der Waals surface area contributed by atoms with Crippen molar-refractivity contribution in [2.24, 2.45) is 0 Å². The number of hydrogen-bond donors (Lipinski definition) is 0. The molecule has 1 aliphatic rings. The summed E-state index contributed by atoms with van der Waals surface area (Å²) in [6.45, 7) is 4.70. The average molecular weight is 705 g/mol. The number of nitrogens with zero attached hydrogens (tertiary/aromatic N) is 2. The second kappa shape index (κ2) is 13.2. The Morgan fingerprint density at radius 2 is 0.818 bits per heavy atom. The molecule has 0 atom stereocenters. The van der Waals surface area contributed by atoms with E-state index in [4.69, 9.17) is 0 Å². The standard InChI is InChI=1S/C53H40N2/c1-53(2)50-24-14-13-22-47(50)48-34-33-44(36-51(48)53)54(41-27-25-38(26-28-41)37-15-5-3-6-16-37)42-29-31-43(32-30-42)55(40-18-7-4-8-19-40)52-35-39-17-9-10-20-45(39)46-21-11-12-23-49(46)52/h3-36H,1-2H3. The fourth-order valence-electron chi connectivity index (χ4n) is 8.69. The normalized spacial score (nSPS) is 12.7. The highest BCUT2D eigenvalue weighted by Gasteiger charge is 2.35. The molecule has 0 radical (unpaired) electrons.